The number of esters is 1. The van der Waals surface area contributed by atoms with Crippen molar-refractivity contribution in [1.82, 2.24) is 10.2 Å². The van der Waals surface area contributed by atoms with E-state index in [1.165, 1.54) is 13.2 Å². The number of carboxylic acids is 1. The van der Waals surface area contributed by atoms with Gasteiger partial charge in [-0.3, -0.25) is 9.59 Å². The Kier molecular flexibility index (Phi) is 7.87. The van der Waals surface area contributed by atoms with Crippen molar-refractivity contribution in [1.29, 1.82) is 0 Å². The predicted molar refractivity (Wildman–Crippen MR) is 89.0 cm³/mol. The number of methoxy groups -OCH3 is 1. The molecule has 0 saturated carbocycles. The third-order valence-electron chi connectivity index (χ3n) is 3.24. The predicted octanol–water partition coefficient (Wildman–Crippen LogP) is 0.406. The molecular weight excluding hydrogens is 314 g/mol. The molecule has 1 aromatic rings. The van der Waals surface area contributed by atoms with Gasteiger partial charge in [-0.1, -0.05) is 12.1 Å². The smallest absolute Gasteiger partial charge is 0.339 e. The molecule has 0 heterocycles. The number of anilines is 1. The van der Waals surface area contributed by atoms with Gasteiger partial charge in [0.15, 0.2) is 0 Å². The van der Waals surface area contributed by atoms with Gasteiger partial charge in [-0.2, -0.15) is 0 Å². The molecule has 0 aromatic heterocycles. The van der Waals surface area contributed by atoms with Crippen LogP contribution in [0.2, 0.25) is 0 Å². The fourth-order valence-corrected chi connectivity index (χ4v) is 1.98. The Bertz CT molecular complexity index is 589. The Morgan fingerprint density at radius 2 is 1.92 bits per heavy atom. The molecule has 0 saturated heterocycles. The van der Waals surface area contributed by atoms with Crippen LogP contribution in [-0.2, 0) is 14.3 Å². The Balaban J connectivity index is 2.70. The van der Waals surface area contributed by atoms with E-state index in [9.17, 15) is 19.5 Å². The van der Waals surface area contributed by atoms with Crippen LogP contribution in [0.4, 0.5) is 5.69 Å². The molecule has 0 aliphatic heterocycles. The number of carbonyl (C=O) groups is 3. The first kappa shape index (κ1) is 19.6. The van der Waals surface area contributed by atoms with Crippen LogP contribution in [0.25, 0.3) is 0 Å². The summed E-state index contributed by atoms with van der Waals surface area (Å²) < 4.78 is 4.65. The Morgan fingerprint density at radius 1 is 1.25 bits per heavy atom. The summed E-state index contributed by atoms with van der Waals surface area (Å²) in [5, 5.41) is 14.6. The minimum absolute atomic E-state index is 0.209. The number of carbonyl (C=O) groups excluding carboxylic acids is 2. The average molecular weight is 337 g/mol. The lowest BCUT2D eigenvalue weighted by Crippen LogP contribution is -2.42. The summed E-state index contributed by atoms with van der Waals surface area (Å²) in [6.45, 7) is 1.09. The first-order valence-electron chi connectivity index (χ1n) is 7.43. The fraction of sp³-hybridized carbons (Fsp3) is 0.438. The highest BCUT2D eigenvalue weighted by Crippen LogP contribution is 2.16. The van der Waals surface area contributed by atoms with E-state index >= 15 is 0 Å². The molecule has 8 nitrogen and oxygen atoms in total. The van der Waals surface area contributed by atoms with Crippen molar-refractivity contribution in [3.8, 4) is 0 Å². The molecule has 1 atom stereocenters. The zero-order chi connectivity index (χ0) is 18.1. The number of hydrogen-bond donors (Lipinski definition) is 3. The van der Waals surface area contributed by atoms with Crippen LogP contribution < -0.4 is 10.6 Å². The summed E-state index contributed by atoms with van der Waals surface area (Å²) in [4.78, 5) is 36.9. The minimum atomic E-state index is -1.11. The average Bonchev–Trinajstić information content (AvgIpc) is 2.53. The quantitative estimate of drug-likeness (QED) is 0.560. The van der Waals surface area contributed by atoms with Gasteiger partial charge in [0, 0.05) is 13.1 Å². The normalized spacial score (nSPS) is 11.8. The molecule has 1 unspecified atom stereocenters. The molecular formula is C16H23N3O5. The first-order valence-corrected chi connectivity index (χ1v) is 7.43. The van der Waals surface area contributed by atoms with E-state index in [2.05, 4.69) is 15.4 Å². The van der Waals surface area contributed by atoms with E-state index in [1.807, 2.05) is 19.0 Å². The van der Waals surface area contributed by atoms with Crippen LogP contribution in [0.3, 0.4) is 0 Å². The van der Waals surface area contributed by atoms with Crippen LogP contribution in [0, 0.1) is 0 Å². The third-order valence-corrected chi connectivity index (χ3v) is 3.24. The number of benzene rings is 1. The van der Waals surface area contributed by atoms with Crippen molar-refractivity contribution in [2.24, 2.45) is 0 Å². The molecule has 132 valence electrons. The van der Waals surface area contributed by atoms with E-state index in [1.54, 1.807) is 18.2 Å². The SMILES string of the molecule is COC(=O)c1ccccc1NC(=O)CC(NCCN(C)C)C(=O)O. The van der Waals surface area contributed by atoms with Gasteiger partial charge >= 0.3 is 11.9 Å². The highest BCUT2D eigenvalue weighted by Gasteiger charge is 2.21. The number of rotatable bonds is 9. The van der Waals surface area contributed by atoms with Crippen molar-refractivity contribution in [2.75, 3.05) is 39.6 Å². The molecule has 1 aromatic carbocycles. The van der Waals surface area contributed by atoms with Crippen LogP contribution >= 0.6 is 0 Å². The zero-order valence-corrected chi connectivity index (χ0v) is 14.0. The lowest BCUT2D eigenvalue weighted by atomic mass is 10.1. The highest BCUT2D eigenvalue weighted by molar-refractivity contribution is 6.02. The van der Waals surface area contributed by atoms with Crippen LogP contribution in [-0.4, -0.2) is 68.2 Å². The number of nitrogens with zero attached hydrogens (tertiary/aromatic N) is 1. The van der Waals surface area contributed by atoms with Crippen LogP contribution in [0.1, 0.15) is 16.8 Å². The number of ether oxygens (including phenoxy) is 1. The summed E-state index contributed by atoms with van der Waals surface area (Å²) >= 11 is 0. The van der Waals surface area contributed by atoms with Gasteiger partial charge in [-0.15, -0.1) is 0 Å². The molecule has 0 aliphatic rings. The summed E-state index contributed by atoms with van der Waals surface area (Å²) in [6, 6.07) is 5.37. The maximum absolute atomic E-state index is 12.1. The number of carboxylic acid groups (broad SMARTS) is 1. The van der Waals surface area contributed by atoms with Crippen molar-refractivity contribution >= 4 is 23.5 Å². The van der Waals surface area contributed by atoms with Gasteiger partial charge < -0.3 is 25.4 Å². The number of aliphatic carboxylic acids is 1. The molecule has 1 amide bonds. The molecule has 3 N–H and O–H groups in total. The van der Waals surface area contributed by atoms with Gasteiger partial charge in [0.1, 0.15) is 6.04 Å². The number of likely N-dealkylation sites (N-methyl/N-ethyl adjacent to an activating group) is 1. The molecule has 8 heteroatoms. The molecule has 0 spiro atoms. The number of hydrogen-bond acceptors (Lipinski definition) is 6. The highest BCUT2D eigenvalue weighted by atomic mass is 16.5. The lowest BCUT2D eigenvalue weighted by Gasteiger charge is -2.17. The molecule has 0 aliphatic carbocycles. The Hall–Kier alpha value is -2.45. The van der Waals surface area contributed by atoms with Gasteiger partial charge in [0.05, 0.1) is 24.8 Å². The Morgan fingerprint density at radius 3 is 2.50 bits per heavy atom. The fourth-order valence-electron chi connectivity index (χ4n) is 1.98. The molecule has 0 bridgehead atoms. The van der Waals surface area contributed by atoms with Gasteiger partial charge in [0.2, 0.25) is 5.91 Å². The van der Waals surface area contributed by atoms with Crippen molar-refractivity contribution < 1.29 is 24.2 Å². The Labute approximate surface area is 140 Å². The number of para-hydroxylation sites is 1. The maximum Gasteiger partial charge on any atom is 0.339 e. The maximum atomic E-state index is 12.1. The second-order valence-corrected chi connectivity index (χ2v) is 5.44. The number of amides is 1. The summed E-state index contributed by atoms with van der Waals surface area (Å²) in [6.07, 6.45) is -0.252. The van der Waals surface area contributed by atoms with Crippen molar-refractivity contribution in [3.05, 3.63) is 29.8 Å². The van der Waals surface area contributed by atoms with E-state index in [0.29, 0.717) is 13.1 Å². The zero-order valence-electron chi connectivity index (χ0n) is 14.0. The van der Waals surface area contributed by atoms with E-state index < -0.39 is 23.9 Å². The molecule has 24 heavy (non-hydrogen) atoms. The summed E-state index contributed by atoms with van der Waals surface area (Å²) in [5.41, 5.74) is 0.493. The van der Waals surface area contributed by atoms with Crippen molar-refractivity contribution in [3.63, 3.8) is 0 Å². The summed E-state index contributed by atoms with van der Waals surface area (Å²) in [5.74, 6) is -2.19. The van der Waals surface area contributed by atoms with Crippen LogP contribution in [0.5, 0.6) is 0 Å². The van der Waals surface area contributed by atoms with Crippen LogP contribution in [0.15, 0.2) is 24.3 Å². The topological polar surface area (TPSA) is 108 Å². The monoisotopic (exact) mass is 337 g/mol. The van der Waals surface area contributed by atoms with Crippen molar-refractivity contribution in [2.45, 2.75) is 12.5 Å². The second-order valence-electron chi connectivity index (χ2n) is 5.44. The standard InChI is InChI=1S/C16H23N3O5/c1-19(2)9-8-17-13(15(21)22)10-14(20)18-12-7-5-4-6-11(12)16(23)24-3/h4-7,13,17H,8-10H2,1-3H3,(H,18,20)(H,21,22). The van der Waals surface area contributed by atoms with Gasteiger partial charge in [-0.25, -0.2) is 4.79 Å². The largest absolute Gasteiger partial charge is 0.480 e. The van der Waals surface area contributed by atoms with E-state index in [0.717, 1.165) is 0 Å². The molecule has 1 rings (SSSR count). The molecule has 0 fully saturated rings. The third kappa shape index (κ3) is 6.35. The minimum Gasteiger partial charge on any atom is -0.480 e. The van der Waals surface area contributed by atoms with Gasteiger partial charge in [0.25, 0.3) is 0 Å². The lowest BCUT2D eigenvalue weighted by molar-refractivity contribution is -0.141. The number of nitrogens with one attached hydrogen (secondary N) is 2. The van der Waals surface area contributed by atoms with Gasteiger partial charge in [-0.05, 0) is 26.2 Å². The molecule has 0 radical (unpaired) electrons. The summed E-state index contributed by atoms with van der Waals surface area (Å²) in [7, 11) is 4.98. The first-order chi connectivity index (χ1) is 11.3. The van der Waals surface area contributed by atoms with E-state index in [4.69, 9.17) is 0 Å². The second kappa shape index (κ2) is 9.64. The van der Waals surface area contributed by atoms with E-state index in [-0.39, 0.29) is 17.7 Å².